The minimum atomic E-state index is -0.165. The molecule has 0 saturated carbocycles. The van der Waals surface area contributed by atoms with Gasteiger partial charge in [-0.25, -0.2) is 0 Å². The maximum atomic E-state index is 12.8. The van der Waals surface area contributed by atoms with Gasteiger partial charge in [-0.05, 0) is 36.8 Å². The van der Waals surface area contributed by atoms with E-state index >= 15 is 0 Å². The Morgan fingerprint density at radius 2 is 2.17 bits per heavy atom. The second-order valence-electron chi connectivity index (χ2n) is 5.40. The van der Waals surface area contributed by atoms with E-state index in [9.17, 15) is 4.79 Å². The van der Waals surface area contributed by atoms with Crippen molar-refractivity contribution in [1.29, 1.82) is 0 Å². The molecule has 0 radical (unpaired) electrons. The first-order chi connectivity index (χ1) is 11.2. The largest absolute Gasteiger partial charge is 0.449 e. The van der Waals surface area contributed by atoms with Crippen LogP contribution in [0.5, 0.6) is 5.75 Å². The highest BCUT2D eigenvalue weighted by molar-refractivity contribution is 6.10. The van der Waals surface area contributed by atoms with Gasteiger partial charge in [0, 0.05) is 24.5 Å². The van der Waals surface area contributed by atoms with Crippen molar-refractivity contribution < 1.29 is 9.53 Å². The number of pyridine rings is 1. The van der Waals surface area contributed by atoms with Gasteiger partial charge in [0.1, 0.15) is 0 Å². The average molecular weight is 309 g/mol. The van der Waals surface area contributed by atoms with Crippen molar-refractivity contribution in [3.63, 3.8) is 0 Å². The van der Waals surface area contributed by atoms with Crippen molar-refractivity contribution in [3.05, 3.63) is 54.0 Å². The summed E-state index contributed by atoms with van der Waals surface area (Å²) in [5.41, 5.74) is 7.88. The molecule has 2 aromatic rings. The number of amides is 1. The molecule has 1 amide bonds. The third kappa shape index (κ3) is 3.18. The van der Waals surface area contributed by atoms with E-state index in [-0.39, 0.29) is 11.7 Å². The van der Waals surface area contributed by atoms with Gasteiger partial charge in [-0.3, -0.25) is 9.78 Å². The Kier molecular flexibility index (Phi) is 4.28. The first-order valence-electron chi connectivity index (χ1n) is 7.71. The van der Waals surface area contributed by atoms with E-state index in [2.05, 4.69) is 11.9 Å². The first-order valence-corrected chi connectivity index (χ1v) is 7.71. The van der Waals surface area contributed by atoms with Crippen molar-refractivity contribution in [2.75, 3.05) is 17.2 Å². The summed E-state index contributed by atoms with van der Waals surface area (Å²) in [4.78, 5) is 18.7. The van der Waals surface area contributed by atoms with Crippen LogP contribution in [-0.4, -0.2) is 17.4 Å². The molecule has 2 heterocycles. The van der Waals surface area contributed by atoms with Crippen molar-refractivity contribution in [3.8, 4) is 5.75 Å². The van der Waals surface area contributed by atoms with E-state index in [0.29, 0.717) is 23.7 Å². The van der Waals surface area contributed by atoms with Crippen LogP contribution in [0, 0.1) is 0 Å². The number of anilines is 2. The van der Waals surface area contributed by atoms with Crippen LogP contribution in [0.15, 0.2) is 48.4 Å². The van der Waals surface area contributed by atoms with E-state index in [0.717, 1.165) is 18.5 Å². The van der Waals surface area contributed by atoms with Gasteiger partial charge in [-0.15, -0.1) is 0 Å². The summed E-state index contributed by atoms with van der Waals surface area (Å²) in [6.07, 6.45) is 5.27. The summed E-state index contributed by atoms with van der Waals surface area (Å²) < 4.78 is 5.79. The number of nitrogen functional groups attached to an aromatic ring is 1. The Bertz CT molecular complexity index is 741. The lowest BCUT2D eigenvalue weighted by atomic mass is 10.1. The van der Waals surface area contributed by atoms with Gasteiger partial charge >= 0.3 is 0 Å². The summed E-state index contributed by atoms with van der Waals surface area (Å²) in [6, 6.07) is 10.9. The van der Waals surface area contributed by atoms with Crippen LogP contribution in [0.1, 0.15) is 25.5 Å². The molecule has 0 fully saturated rings. The monoisotopic (exact) mass is 309 g/mol. The third-order valence-corrected chi connectivity index (χ3v) is 3.65. The smallest absolute Gasteiger partial charge is 0.294 e. The second kappa shape index (κ2) is 6.52. The van der Waals surface area contributed by atoms with Gasteiger partial charge in [0.2, 0.25) is 0 Å². The molecule has 2 N–H and O–H groups in total. The van der Waals surface area contributed by atoms with Gasteiger partial charge < -0.3 is 15.4 Å². The topological polar surface area (TPSA) is 68.5 Å². The molecule has 1 aliphatic rings. The van der Waals surface area contributed by atoms with Crippen LogP contribution in [-0.2, 0) is 4.79 Å². The number of hydrogen-bond acceptors (Lipinski definition) is 4. The fourth-order valence-electron chi connectivity index (χ4n) is 2.46. The number of aromatic nitrogens is 1. The van der Waals surface area contributed by atoms with E-state index in [4.69, 9.17) is 10.5 Å². The van der Waals surface area contributed by atoms with Crippen LogP contribution in [0.3, 0.4) is 0 Å². The molecular formula is C18H19N3O2. The molecule has 0 aliphatic carbocycles. The van der Waals surface area contributed by atoms with E-state index in [1.807, 2.05) is 18.2 Å². The molecule has 0 atom stereocenters. The number of nitrogens with zero attached hydrogens (tertiary/aromatic N) is 2. The standard InChI is InChI=1S/C18H19N3O2/c1-2-3-10-21-15-11-13(19)7-8-16(15)23-17(18(21)22)12-14-6-4-5-9-20-14/h4-9,11-12H,2-3,10,19H2,1H3/b17-12+. The maximum Gasteiger partial charge on any atom is 0.294 e. The summed E-state index contributed by atoms with van der Waals surface area (Å²) >= 11 is 0. The highest BCUT2D eigenvalue weighted by atomic mass is 16.5. The Morgan fingerprint density at radius 3 is 2.91 bits per heavy atom. The summed E-state index contributed by atoms with van der Waals surface area (Å²) in [5, 5.41) is 0. The van der Waals surface area contributed by atoms with Crippen LogP contribution >= 0.6 is 0 Å². The molecule has 1 aliphatic heterocycles. The molecule has 0 bridgehead atoms. The first kappa shape index (κ1) is 15.1. The summed E-state index contributed by atoms with van der Waals surface area (Å²) in [6.45, 7) is 2.73. The third-order valence-electron chi connectivity index (χ3n) is 3.65. The van der Waals surface area contributed by atoms with Gasteiger partial charge in [-0.1, -0.05) is 19.4 Å². The number of fused-ring (bicyclic) bond motifs is 1. The minimum absolute atomic E-state index is 0.165. The molecule has 118 valence electrons. The van der Waals surface area contributed by atoms with Gasteiger partial charge in [0.15, 0.2) is 11.5 Å². The van der Waals surface area contributed by atoms with E-state index < -0.39 is 0 Å². The number of nitrogens with two attached hydrogens (primary N) is 1. The number of unbranched alkanes of at least 4 members (excludes halogenated alkanes) is 1. The van der Waals surface area contributed by atoms with E-state index in [1.54, 1.807) is 35.4 Å². The van der Waals surface area contributed by atoms with Crippen LogP contribution in [0.2, 0.25) is 0 Å². The quantitative estimate of drug-likeness (QED) is 0.695. The number of hydrogen-bond donors (Lipinski definition) is 1. The number of carbonyl (C=O) groups excluding carboxylic acids is 1. The zero-order valence-electron chi connectivity index (χ0n) is 13.0. The molecule has 23 heavy (non-hydrogen) atoms. The maximum absolute atomic E-state index is 12.8. The Morgan fingerprint density at radius 1 is 1.30 bits per heavy atom. The van der Waals surface area contributed by atoms with Gasteiger partial charge in [0.05, 0.1) is 11.4 Å². The van der Waals surface area contributed by atoms with Crippen LogP contribution < -0.4 is 15.4 Å². The second-order valence-corrected chi connectivity index (χ2v) is 5.40. The lowest BCUT2D eigenvalue weighted by Crippen LogP contribution is -2.38. The van der Waals surface area contributed by atoms with E-state index in [1.165, 1.54) is 0 Å². The van der Waals surface area contributed by atoms with Crippen LogP contribution in [0.25, 0.3) is 6.08 Å². The fourth-order valence-corrected chi connectivity index (χ4v) is 2.46. The highest BCUT2D eigenvalue weighted by Crippen LogP contribution is 2.37. The SMILES string of the molecule is CCCCN1C(=O)/C(=C\c2ccccn2)Oc2ccc(N)cc21. The minimum Gasteiger partial charge on any atom is -0.449 e. The van der Waals surface area contributed by atoms with Gasteiger partial charge in [-0.2, -0.15) is 0 Å². The summed E-state index contributed by atoms with van der Waals surface area (Å²) in [5.74, 6) is 0.747. The normalized spacial score (nSPS) is 15.4. The molecule has 0 spiro atoms. The lowest BCUT2D eigenvalue weighted by molar-refractivity contribution is -0.117. The predicted molar refractivity (Wildman–Crippen MR) is 91.0 cm³/mol. The predicted octanol–water partition coefficient (Wildman–Crippen LogP) is 3.23. The Hall–Kier alpha value is -2.82. The fraction of sp³-hybridized carbons (Fsp3) is 0.222. The van der Waals surface area contributed by atoms with Crippen molar-refractivity contribution in [2.45, 2.75) is 19.8 Å². The number of rotatable bonds is 4. The van der Waals surface area contributed by atoms with Crippen LogP contribution in [0.4, 0.5) is 11.4 Å². The van der Waals surface area contributed by atoms with Crippen molar-refractivity contribution >= 4 is 23.4 Å². The van der Waals surface area contributed by atoms with Gasteiger partial charge in [0.25, 0.3) is 5.91 Å². The number of carbonyl (C=O) groups is 1. The summed E-state index contributed by atoms with van der Waals surface area (Å²) in [7, 11) is 0. The highest BCUT2D eigenvalue weighted by Gasteiger charge is 2.30. The zero-order chi connectivity index (χ0) is 16.2. The molecule has 0 saturated heterocycles. The Labute approximate surface area is 135 Å². The lowest BCUT2D eigenvalue weighted by Gasteiger charge is -2.30. The average Bonchev–Trinajstić information content (AvgIpc) is 2.56. The van der Waals surface area contributed by atoms with Crippen molar-refractivity contribution in [1.82, 2.24) is 4.98 Å². The molecule has 5 heteroatoms. The number of benzene rings is 1. The molecular weight excluding hydrogens is 290 g/mol. The van der Waals surface area contributed by atoms with Crippen molar-refractivity contribution in [2.24, 2.45) is 0 Å². The Balaban J connectivity index is 2.00. The molecule has 0 unspecified atom stereocenters. The molecule has 3 rings (SSSR count). The molecule has 1 aromatic heterocycles. The number of ether oxygens (including phenoxy) is 1. The molecule has 1 aromatic carbocycles. The molecule has 5 nitrogen and oxygen atoms in total. The zero-order valence-corrected chi connectivity index (χ0v) is 13.0.